The Bertz CT molecular complexity index is 319. The zero-order chi connectivity index (χ0) is 12.1. The van der Waals surface area contributed by atoms with Crippen LogP contribution in [0.3, 0.4) is 0 Å². The highest BCUT2D eigenvalue weighted by Crippen LogP contribution is 2.30. The summed E-state index contributed by atoms with van der Waals surface area (Å²) in [5.74, 6) is 0.272. The van der Waals surface area contributed by atoms with Crippen LogP contribution in [-0.2, 0) is 9.47 Å². The minimum Gasteiger partial charge on any atom is -0.390 e. The van der Waals surface area contributed by atoms with Crippen molar-refractivity contribution in [2.24, 2.45) is 5.92 Å². The van der Waals surface area contributed by atoms with Gasteiger partial charge in [-0.3, -0.25) is 0 Å². The summed E-state index contributed by atoms with van der Waals surface area (Å²) < 4.78 is 10.8. The van der Waals surface area contributed by atoms with Crippen LogP contribution in [0.15, 0.2) is 30.3 Å². The molecule has 3 heteroatoms. The third-order valence-corrected chi connectivity index (χ3v) is 3.44. The molecule has 0 saturated carbocycles. The fraction of sp³-hybridized carbons (Fsp3) is 0.571. The lowest BCUT2D eigenvalue weighted by Gasteiger charge is -2.31. The molecular formula is C14H20O3. The van der Waals surface area contributed by atoms with Gasteiger partial charge in [0.15, 0.2) is 0 Å². The van der Waals surface area contributed by atoms with E-state index in [1.165, 1.54) is 0 Å². The second-order valence-corrected chi connectivity index (χ2v) is 4.51. The van der Waals surface area contributed by atoms with Gasteiger partial charge in [0.1, 0.15) is 6.10 Å². The van der Waals surface area contributed by atoms with Gasteiger partial charge in [-0.25, -0.2) is 0 Å². The minimum atomic E-state index is -0.453. The Kier molecular flexibility index (Phi) is 4.54. The fourth-order valence-corrected chi connectivity index (χ4v) is 2.42. The summed E-state index contributed by atoms with van der Waals surface area (Å²) in [6, 6.07) is 9.90. The highest BCUT2D eigenvalue weighted by molar-refractivity contribution is 5.19. The van der Waals surface area contributed by atoms with Crippen molar-refractivity contribution in [3.05, 3.63) is 35.9 Å². The number of rotatable bonds is 4. The van der Waals surface area contributed by atoms with Crippen molar-refractivity contribution in [2.75, 3.05) is 20.3 Å². The normalized spacial score (nSPS) is 21.1. The molecule has 2 atom stereocenters. The first-order valence-electron chi connectivity index (χ1n) is 6.16. The average molecular weight is 236 g/mol. The number of aliphatic hydroxyl groups excluding tert-OH is 1. The zero-order valence-corrected chi connectivity index (χ0v) is 10.2. The predicted molar refractivity (Wildman–Crippen MR) is 65.7 cm³/mol. The van der Waals surface area contributed by atoms with E-state index in [1.54, 1.807) is 7.11 Å². The highest BCUT2D eigenvalue weighted by Gasteiger charge is 2.30. The van der Waals surface area contributed by atoms with Crippen LogP contribution in [0.25, 0.3) is 0 Å². The van der Waals surface area contributed by atoms with E-state index in [1.807, 2.05) is 30.3 Å². The van der Waals surface area contributed by atoms with Crippen molar-refractivity contribution in [3.8, 4) is 0 Å². The van der Waals surface area contributed by atoms with Crippen molar-refractivity contribution in [3.63, 3.8) is 0 Å². The molecule has 1 aliphatic rings. The van der Waals surface area contributed by atoms with E-state index in [2.05, 4.69) is 0 Å². The number of hydrogen-bond donors (Lipinski definition) is 1. The first-order chi connectivity index (χ1) is 8.33. The van der Waals surface area contributed by atoms with Crippen molar-refractivity contribution in [1.82, 2.24) is 0 Å². The van der Waals surface area contributed by atoms with Gasteiger partial charge in [-0.15, -0.1) is 0 Å². The SMILES string of the molecule is COC(c1ccccc1)C(O)C1CCOCC1. The lowest BCUT2D eigenvalue weighted by Crippen LogP contribution is -2.33. The molecule has 1 heterocycles. The largest absolute Gasteiger partial charge is 0.390 e. The lowest BCUT2D eigenvalue weighted by atomic mass is 9.88. The number of ether oxygens (including phenoxy) is 2. The van der Waals surface area contributed by atoms with E-state index in [9.17, 15) is 5.11 Å². The third kappa shape index (κ3) is 3.06. The van der Waals surface area contributed by atoms with E-state index in [0.717, 1.165) is 31.6 Å². The van der Waals surface area contributed by atoms with Crippen molar-refractivity contribution in [2.45, 2.75) is 25.0 Å². The van der Waals surface area contributed by atoms with Crippen LogP contribution in [0.5, 0.6) is 0 Å². The molecular weight excluding hydrogens is 216 g/mol. The predicted octanol–water partition coefficient (Wildman–Crippen LogP) is 2.16. The minimum absolute atomic E-state index is 0.237. The van der Waals surface area contributed by atoms with Crippen LogP contribution < -0.4 is 0 Å². The summed E-state index contributed by atoms with van der Waals surface area (Å²) >= 11 is 0. The van der Waals surface area contributed by atoms with Gasteiger partial charge < -0.3 is 14.6 Å². The number of hydrogen-bond acceptors (Lipinski definition) is 3. The molecule has 1 N–H and O–H groups in total. The first-order valence-corrected chi connectivity index (χ1v) is 6.16. The van der Waals surface area contributed by atoms with Crippen LogP contribution in [0.2, 0.25) is 0 Å². The van der Waals surface area contributed by atoms with Crippen molar-refractivity contribution < 1.29 is 14.6 Å². The molecule has 1 saturated heterocycles. The molecule has 0 aliphatic carbocycles. The molecule has 0 radical (unpaired) electrons. The molecule has 94 valence electrons. The summed E-state index contributed by atoms with van der Waals surface area (Å²) in [5.41, 5.74) is 1.04. The van der Waals surface area contributed by atoms with Crippen LogP contribution in [0.4, 0.5) is 0 Å². The lowest BCUT2D eigenvalue weighted by molar-refractivity contribution is -0.0705. The zero-order valence-electron chi connectivity index (χ0n) is 10.2. The van der Waals surface area contributed by atoms with Gasteiger partial charge in [0.05, 0.1) is 6.10 Å². The molecule has 1 aromatic rings. The Hall–Kier alpha value is -0.900. The summed E-state index contributed by atoms with van der Waals surface area (Å²) in [6.07, 6.45) is 1.13. The maximum absolute atomic E-state index is 10.4. The maximum Gasteiger partial charge on any atom is 0.108 e. The molecule has 1 fully saturated rings. The van der Waals surface area contributed by atoms with Crippen LogP contribution >= 0.6 is 0 Å². The topological polar surface area (TPSA) is 38.7 Å². The van der Waals surface area contributed by atoms with Crippen LogP contribution in [0.1, 0.15) is 24.5 Å². The Labute approximate surface area is 102 Å². The molecule has 3 nitrogen and oxygen atoms in total. The van der Waals surface area contributed by atoms with E-state index >= 15 is 0 Å². The Morgan fingerprint density at radius 2 is 1.88 bits per heavy atom. The first kappa shape index (κ1) is 12.6. The second-order valence-electron chi connectivity index (χ2n) is 4.51. The van der Waals surface area contributed by atoms with E-state index in [-0.39, 0.29) is 12.0 Å². The molecule has 17 heavy (non-hydrogen) atoms. The molecule has 0 spiro atoms. The Morgan fingerprint density at radius 3 is 2.47 bits per heavy atom. The van der Waals surface area contributed by atoms with E-state index in [0.29, 0.717) is 0 Å². The smallest absolute Gasteiger partial charge is 0.108 e. The van der Waals surface area contributed by atoms with Gasteiger partial charge in [-0.05, 0) is 24.3 Å². The van der Waals surface area contributed by atoms with Gasteiger partial charge in [0.25, 0.3) is 0 Å². The van der Waals surface area contributed by atoms with E-state index < -0.39 is 6.10 Å². The van der Waals surface area contributed by atoms with Crippen LogP contribution in [0, 0.1) is 5.92 Å². The molecule has 2 unspecified atom stereocenters. The highest BCUT2D eigenvalue weighted by atomic mass is 16.5. The van der Waals surface area contributed by atoms with Gasteiger partial charge in [0.2, 0.25) is 0 Å². The number of benzene rings is 1. The fourth-order valence-electron chi connectivity index (χ4n) is 2.42. The van der Waals surface area contributed by atoms with Crippen molar-refractivity contribution >= 4 is 0 Å². The molecule has 0 aromatic heterocycles. The number of aliphatic hydroxyl groups is 1. The Balaban J connectivity index is 2.07. The third-order valence-electron chi connectivity index (χ3n) is 3.44. The van der Waals surface area contributed by atoms with Gasteiger partial charge >= 0.3 is 0 Å². The monoisotopic (exact) mass is 236 g/mol. The average Bonchev–Trinajstić information content (AvgIpc) is 2.42. The summed E-state index contributed by atoms with van der Waals surface area (Å²) in [5, 5.41) is 10.4. The maximum atomic E-state index is 10.4. The van der Waals surface area contributed by atoms with Gasteiger partial charge in [-0.2, -0.15) is 0 Å². The van der Waals surface area contributed by atoms with E-state index in [4.69, 9.17) is 9.47 Å². The second kappa shape index (κ2) is 6.15. The summed E-state index contributed by atoms with van der Waals surface area (Å²) in [7, 11) is 1.65. The summed E-state index contributed by atoms with van der Waals surface area (Å²) in [4.78, 5) is 0. The molecule has 2 rings (SSSR count). The van der Waals surface area contributed by atoms with Crippen molar-refractivity contribution in [1.29, 1.82) is 0 Å². The summed E-state index contributed by atoms with van der Waals surface area (Å²) in [6.45, 7) is 1.49. The molecule has 0 amide bonds. The van der Waals surface area contributed by atoms with Gasteiger partial charge in [0, 0.05) is 20.3 Å². The Morgan fingerprint density at radius 1 is 1.24 bits per heavy atom. The molecule has 1 aromatic carbocycles. The standard InChI is InChI=1S/C14H20O3/c1-16-14(12-5-3-2-4-6-12)13(15)11-7-9-17-10-8-11/h2-6,11,13-15H,7-10H2,1H3. The molecule has 0 bridgehead atoms. The molecule has 1 aliphatic heterocycles. The van der Waals surface area contributed by atoms with Gasteiger partial charge in [-0.1, -0.05) is 30.3 Å². The quantitative estimate of drug-likeness (QED) is 0.870. The number of methoxy groups -OCH3 is 1. The van der Waals surface area contributed by atoms with Crippen LogP contribution in [-0.4, -0.2) is 31.5 Å².